The standard InChI is InChI=1S/C12H18FN3O/c13-10-7-15-11(16-8-10)17-9-12(14)5-3-1-2-4-6-12/h7-8H,1-6,9,14H2. The third-order valence-electron chi connectivity index (χ3n) is 3.18. The van der Waals surface area contributed by atoms with Crippen LogP contribution < -0.4 is 10.5 Å². The van der Waals surface area contributed by atoms with Crippen molar-refractivity contribution in [3.8, 4) is 6.01 Å². The van der Waals surface area contributed by atoms with Crippen LogP contribution in [0.2, 0.25) is 0 Å². The lowest BCUT2D eigenvalue weighted by molar-refractivity contribution is 0.186. The highest BCUT2D eigenvalue weighted by Crippen LogP contribution is 2.25. The molecule has 0 atom stereocenters. The van der Waals surface area contributed by atoms with Crippen molar-refractivity contribution in [2.45, 2.75) is 44.1 Å². The van der Waals surface area contributed by atoms with Gasteiger partial charge in [0.2, 0.25) is 0 Å². The Bertz CT molecular complexity index is 347. The number of nitrogens with zero attached hydrogens (tertiary/aromatic N) is 2. The quantitative estimate of drug-likeness (QED) is 0.820. The van der Waals surface area contributed by atoms with Crippen molar-refractivity contribution in [3.05, 3.63) is 18.2 Å². The molecule has 1 aromatic heterocycles. The highest BCUT2D eigenvalue weighted by molar-refractivity contribution is 4.97. The number of hydrogen-bond acceptors (Lipinski definition) is 4. The fourth-order valence-electron chi connectivity index (χ4n) is 2.16. The number of nitrogens with two attached hydrogens (primary N) is 1. The third kappa shape index (κ3) is 3.63. The molecular formula is C12H18FN3O. The Morgan fingerprint density at radius 2 is 1.76 bits per heavy atom. The van der Waals surface area contributed by atoms with E-state index in [0.717, 1.165) is 38.1 Å². The summed E-state index contributed by atoms with van der Waals surface area (Å²) in [6.07, 6.45) is 8.89. The largest absolute Gasteiger partial charge is 0.462 e. The van der Waals surface area contributed by atoms with Gasteiger partial charge in [0, 0.05) is 0 Å². The second-order valence-electron chi connectivity index (χ2n) is 4.75. The van der Waals surface area contributed by atoms with E-state index in [1.165, 1.54) is 12.8 Å². The van der Waals surface area contributed by atoms with Crippen molar-refractivity contribution in [3.63, 3.8) is 0 Å². The second kappa shape index (κ2) is 5.40. The molecule has 4 nitrogen and oxygen atoms in total. The van der Waals surface area contributed by atoms with Crippen molar-refractivity contribution in [2.75, 3.05) is 6.61 Å². The van der Waals surface area contributed by atoms with E-state index in [0.29, 0.717) is 6.61 Å². The zero-order valence-electron chi connectivity index (χ0n) is 9.86. The molecule has 0 aliphatic heterocycles. The summed E-state index contributed by atoms with van der Waals surface area (Å²) in [7, 11) is 0. The minimum absolute atomic E-state index is 0.195. The molecule has 0 radical (unpaired) electrons. The van der Waals surface area contributed by atoms with Crippen LogP contribution >= 0.6 is 0 Å². The Morgan fingerprint density at radius 3 is 2.35 bits per heavy atom. The topological polar surface area (TPSA) is 61.0 Å². The van der Waals surface area contributed by atoms with Crippen LogP contribution in [0.4, 0.5) is 4.39 Å². The van der Waals surface area contributed by atoms with Gasteiger partial charge in [0.25, 0.3) is 0 Å². The first-order valence-corrected chi connectivity index (χ1v) is 6.07. The van der Waals surface area contributed by atoms with Gasteiger partial charge in [-0.1, -0.05) is 25.7 Å². The van der Waals surface area contributed by atoms with Crippen LogP contribution in [0.3, 0.4) is 0 Å². The average molecular weight is 239 g/mol. The summed E-state index contributed by atoms with van der Waals surface area (Å²) in [6.45, 7) is 0.401. The predicted octanol–water partition coefficient (Wildman–Crippen LogP) is 2.05. The van der Waals surface area contributed by atoms with Crippen molar-refractivity contribution >= 4 is 0 Å². The number of aromatic nitrogens is 2. The first kappa shape index (κ1) is 12.2. The van der Waals surface area contributed by atoms with Crippen LogP contribution in [0.5, 0.6) is 6.01 Å². The summed E-state index contributed by atoms with van der Waals surface area (Å²) in [4.78, 5) is 7.51. The van der Waals surface area contributed by atoms with Crippen molar-refractivity contribution in [2.24, 2.45) is 5.73 Å². The molecule has 5 heteroatoms. The third-order valence-corrected chi connectivity index (χ3v) is 3.18. The summed E-state index contributed by atoms with van der Waals surface area (Å²) in [5.74, 6) is -0.464. The van der Waals surface area contributed by atoms with Gasteiger partial charge in [-0.15, -0.1) is 0 Å². The van der Waals surface area contributed by atoms with Gasteiger partial charge in [-0.05, 0) is 12.8 Å². The molecular weight excluding hydrogens is 221 g/mol. The van der Waals surface area contributed by atoms with Crippen LogP contribution in [0.25, 0.3) is 0 Å². The summed E-state index contributed by atoms with van der Waals surface area (Å²) in [6, 6.07) is 0.195. The molecule has 1 aromatic rings. The SMILES string of the molecule is NC1(COc2ncc(F)cn2)CCCCCC1. The molecule has 0 unspecified atom stereocenters. The minimum Gasteiger partial charge on any atom is -0.462 e. The fourth-order valence-corrected chi connectivity index (χ4v) is 2.16. The molecule has 2 N–H and O–H groups in total. The monoisotopic (exact) mass is 239 g/mol. The lowest BCUT2D eigenvalue weighted by Crippen LogP contribution is -2.45. The molecule has 1 aliphatic carbocycles. The van der Waals surface area contributed by atoms with E-state index in [1.54, 1.807) is 0 Å². The molecule has 1 fully saturated rings. The molecule has 1 aliphatic rings. The van der Waals surface area contributed by atoms with Crippen molar-refractivity contribution in [1.29, 1.82) is 0 Å². The van der Waals surface area contributed by atoms with Gasteiger partial charge in [-0.3, -0.25) is 0 Å². The average Bonchev–Trinajstić information content (AvgIpc) is 2.54. The summed E-state index contributed by atoms with van der Waals surface area (Å²) in [5, 5.41) is 0. The first-order chi connectivity index (χ1) is 8.18. The predicted molar refractivity (Wildman–Crippen MR) is 62.1 cm³/mol. The minimum atomic E-state index is -0.464. The maximum atomic E-state index is 12.6. The van der Waals surface area contributed by atoms with Crippen molar-refractivity contribution in [1.82, 2.24) is 9.97 Å². The molecule has 0 spiro atoms. The molecule has 94 valence electrons. The first-order valence-electron chi connectivity index (χ1n) is 6.07. The van der Waals surface area contributed by atoms with Gasteiger partial charge in [0.1, 0.15) is 6.61 Å². The smallest absolute Gasteiger partial charge is 0.316 e. The lowest BCUT2D eigenvalue weighted by atomic mass is 9.93. The Hall–Kier alpha value is -1.23. The number of rotatable bonds is 3. The molecule has 0 bridgehead atoms. The van der Waals surface area contributed by atoms with Crippen LogP contribution in [0, 0.1) is 5.82 Å². The number of hydrogen-bond donors (Lipinski definition) is 1. The van der Waals surface area contributed by atoms with E-state index in [2.05, 4.69) is 9.97 Å². The van der Waals surface area contributed by atoms with Crippen molar-refractivity contribution < 1.29 is 9.13 Å². The van der Waals surface area contributed by atoms with Gasteiger partial charge < -0.3 is 10.5 Å². The Morgan fingerprint density at radius 1 is 1.18 bits per heavy atom. The van der Waals surface area contributed by atoms with Crippen LogP contribution in [0.15, 0.2) is 12.4 Å². The molecule has 0 aromatic carbocycles. The van der Waals surface area contributed by atoms with Gasteiger partial charge >= 0.3 is 6.01 Å². The zero-order chi connectivity index (χ0) is 12.1. The molecule has 2 rings (SSSR count). The Balaban J connectivity index is 1.89. The van der Waals surface area contributed by atoms with Crippen LogP contribution in [-0.4, -0.2) is 22.1 Å². The Labute approximate surface area is 100 Å². The second-order valence-corrected chi connectivity index (χ2v) is 4.75. The van der Waals surface area contributed by atoms with E-state index in [1.807, 2.05) is 0 Å². The zero-order valence-corrected chi connectivity index (χ0v) is 9.86. The molecule has 0 amide bonds. The van der Waals surface area contributed by atoms with Crippen LogP contribution in [-0.2, 0) is 0 Å². The lowest BCUT2D eigenvalue weighted by Gasteiger charge is -2.27. The Kier molecular flexibility index (Phi) is 3.89. The number of halogens is 1. The van der Waals surface area contributed by atoms with E-state index >= 15 is 0 Å². The maximum absolute atomic E-state index is 12.6. The molecule has 0 saturated heterocycles. The van der Waals surface area contributed by atoms with E-state index < -0.39 is 5.82 Å². The van der Waals surface area contributed by atoms with E-state index in [9.17, 15) is 4.39 Å². The fraction of sp³-hybridized carbons (Fsp3) is 0.667. The van der Waals surface area contributed by atoms with Gasteiger partial charge in [0.05, 0.1) is 17.9 Å². The van der Waals surface area contributed by atoms with Gasteiger partial charge in [-0.25, -0.2) is 14.4 Å². The maximum Gasteiger partial charge on any atom is 0.316 e. The van der Waals surface area contributed by atoms with E-state index in [-0.39, 0.29) is 11.5 Å². The molecule has 1 heterocycles. The van der Waals surface area contributed by atoms with Gasteiger partial charge in [-0.2, -0.15) is 0 Å². The summed E-state index contributed by atoms with van der Waals surface area (Å²) < 4.78 is 18.1. The van der Waals surface area contributed by atoms with Gasteiger partial charge in [0.15, 0.2) is 5.82 Å². The van der Waals surface area contributed by atoms with E-state index in [4.69, 9.17) is 10.5 Å². The van der Waals surface area contributed by atoms with Crippen LogP contribution in [0.1, 0.15) is 38.5 Å². The highest BCUT2D eigenvalue weighted by atomic mass is 19.1. The summed E-state index contributed by atoms with van der Waals surface area (Å²) >= 11 is 0. The molecule has 17 heavy (non-hydrogen) atoms. The normalized spacial score (nSPS) is 19.6. The molecule has 1 saturated carbocycles. The highest BCUT2D eigenvalue weighted by Gasteiger charge is 2.27. The number of ether oxygens (including phenoxy) is 1. The summed E-state index contributed by atoms with van der Waals surface area (Å²) in [5.41, 5.74) is 6.00.